The minimum atomic E-state index is -3.58. The van der Waals surface area contributed by atoms with Crippen LogP contribution >= 0.6 is 0 Å². The Morgan fingerprint density at radius 2 is 1.79 bits per heavy atom. The highest BCUT2D eigenvalue weighted by Crippen LogP contribution is 2.18. The number of hydrogen-bond acceptors (Lipinski definition) is 5. The van der Waals surface area contributed by atoms with Crippen molar-refractivity contribution >= 4 is 21.6 Å². The van der Waals surface area contributed by atoms with Crippen LogP contribution in [-0.2, 0) is 24.3 Å². The molecule has 0 aromatic heterocycles. The highest BCUT2D eigenvalue weighted by molar-refractivity contribution is 7.89. The molecular formula is C16H22N2O5S. The van der Waals surface area contributed by atoms with Gasteiger partial charge in [-0.05, 0) is 49.9 Å². The number of carbonyl (C=O) groups is 1. The van der Waals surface area contributed by atoms with E-state index in [-0.39, 0.29) is 23.5 Å². The molecule has 0 spiro atoms. The summed E-state index contributed by atoms with van der Waals surface area (Å²) in [5, 5.41) is 2.74. The molecule has 1 amide bonds. The van der Waals surface area contributed by atoms with Crippen LogP contribution in [0.2, 0.25) is 0 Å². The molecule has 1 aromatic carbocycles. The van der Waals surface area contributed by atoms with Crippen LogP contribution in [0.5, 0.6) is 0 Å². The number of benzene rings is 1. The van der Waals surface area contributed by atoms with Crippen LogP contribution in [0.25, 0.3) is 0 Å². The minimum absolute atomic E-state index is 0.0512. The zero-order valence-corrected chi connectivity index (χ0v) is 14.2. The molecule has 2 aliphatic rings. The number of anilines is 1. The zero-order valence-electron chi connectivity index (χ0n) is 13.4. The Morgan fingerprint density at radius 1 is 1.08 bits per heavy atom. The monoisotopic (exact) mass is 354 g/mol. The van der Waals surface area contributed by atoms with Gasteiger partial charge in [0, 0.05) is 25.4 Å². The van der Waals surface area contributed by atoms with Gasteiger partial charge in [0.1, 0.15) is 6.10 Å². The quantitative estimate of drug-likeness (QED) is 0.802. The second kappa shape index (κ2) is 7.60. The number of ether oxygens (including phenoxy) is 2. The van der Waals surface area contributed by atoms with E-state index in [1.807, 2.05) is 0 Å². The number of amides is 1. The number of sulfonamides is 1. The van der Waals surface area contributed by atoms with E-state index in [0.29, 0.717) is 25.3 Å². The van der Waals surface area contributed by atoms with Crippen molar-refractivity contribution in [2.45, 2.75) is 42.8 Å². The maximum absolute atomic E-state index is 12.3. The van der Waals surface area contributed by atoms with E-state index in [4.69, 9.17) is 9.47 Å². The first-order valence-electron chi connectivity index (χ1n) is 8.18. The minimum Gasteiger partial charge on any atom is -0.377 e. The van der Waals surface area contributed by atoms with Crippen LogP contribution in [0.15, 0.2) is 29.2 Å². The summed E-state index contributed by atoms with van der Waals surface area (Å²) in [5.41, 5.74) is 0.550. The summed E-state index contributed by atoms with van der Waals surface area (Å²) in [6.45, 7) is 1.57. The molecule has 2 N–H and O–H groups in total. The third-order valence-corrected chi connectivity index (χ3v) is 5.62. The molecule has 2 heterocycles. The van der Waals surface area contributed by atoms with Gasteiger partial charge >= 0.3 is 0 Å². The molecule has 7 nitrogen and oxygen atoms in total. The molecule has 2 saturated heterocycles. The van der Waals surface area contributed by atoms with Crippen LogP contribution in [0.4, 0.5) is 5.69 Å². The van der Waals surface area contributed by atoms with Gasteiger partial charge < -0.3 is 14.8 Å². The van der Waals surface area contributed by atoms with E-state index >= 15 is 0 Å². The topological polar surface area (TPSA) is 93.7 Å². The lowest BCUT2D eigenvalue weighted by Crippen LogP contribution is -2.31. The largest absolute Gasteiger partial charge is 0.377 e. The molecule has 24 heavy (non-hydrogen) atoms. The molecule has 1 aromatic rings. The van der Waals surface area contributed by atoms with Gasteiger partial charge in [-0.2, -0.15) is 0 Å². The molecule has 2 unspecified atom stereocenters. The van der Waals surface area contributed by atoms with Gasteiger partial charge in [0.05, 0.1) is 11.0 Å². The Balaban J connectivity index is 1.57. The van der Waals surface area contributed by atoms with Crippen LogP contribution in [0, 0.1) is 0 Å². The predicted molar refractivity (Wildman–Crippen MR) is 88.2 cm³/mol. The molecule has 0 aliphatic carbocycles. The summed E-state index contributed by atoms with van der Waals surface area (Å²) in [6.07, 6.45) is 2.96. The van der Waals surface area contributed by atoms with Crippen LogP contribution < -0.4 is 10.0 Å². The average molecular weight is 354 g/mol. The fourth-order valence-electron chi connectivity index (χ4n) is 2.82. The van der Waals surface area contributed by atoms with Crippen molar-refractivity contribution in [1.82, 2.24) is 4.72 Å². The van der Waals surface area contributed by atoms with Crippen molar-refractivity contribution < 1.29 is 22.7 Å². The molecule has 0 saturated carbocycles. The van der Waals surface area contributed by atoms with E-state index in [0.717, 1.165) is 19.3 Å². The Kier molecular flexibility index (Phi) is 5.50. The Morgan fingerprint density at radius 3 is 2.42 bits per heavy atom. The molecule has 132 valence electrons. The third-order valence-electron chi connectivity index (χ3n) is 4.18. The van der Waals surface area contributed by atoms with Crippen molar-refractivity contribution in [3.63, 3.8) is 0 Å². The molecule has 0 radical (unpaired) electrons. The SMILES string of the molecule is O=C(Nc1ccc(S(=O)(=O)NCC2CCCO2)cc1)C1CCCO1. The number of rotatable bonds is 6. The van der Waals surface area contributed by atoms with Gasteiger partial charge in [0.25, 0.3) is 5.91 Å². The fraction of sp³-hybridized carbons (Fsp3) is 0.562. The Hall–Kier alpha value is -1.48. The van der Waals surface area contributed by atoms with Crippen molar-refractivity contribution in [1.29, 1.82) is 0 Å². The van der Waals surface area contributed by atoms with Gasteiger partial charge in [0.2, 0.25) is 10.0 Å². The first-order chi connectivity index (χ1) is 11.5. The Bertz CT molecular complexity index is 662. The van der Waals surface area contributed by atoms with E-state index < -0.39 is 16.1 Å². The average Bonchev–Trinajstić information content (AvgIpc) is 3.27. The van der Waals surface area contributed by atoms with Gasteiger partial charge in [-0.25, -0.2) is 13.1 Å². The summed E-state index contributed by atoms with van der Waals surface area (Å²) in [7, 11) is -3.58. The molecule has 8 heteroatoms. The molecule has 3 rings (SSSR count). The summed E-state index contributed by atoms with van der Waals surface area (Å²) in [5.74, 6) is -0.195. The van der Waals surface area contributed by atoms with Crippen LogP contribution in [0.3, 0.4) is 0 Å². The van der Waals surface area contributed by atoms with Crippen molar-refractivity contribution in [3.05, 3.63) is 24.3 Å². The molecular weight excluding hydrogens is 332 g/mol. The van der Waals surface area contributed by atoms with Crippen LogP contribution in [0.1, 0.15) is 25.7 Å². The zero-order chi connectivity index (χ0) is 17.0. The summed E-state index contributed by atoms with van der Waals surface area (Å²) in [4.78, 5) is 12.1. The van der Waals surface area contributed by atoms with E-state index in [2.05, 4.69) is 10.0 Å². The highest BCUT2D eigenvalue weighted by Gasteiger charge is 2.24. The second-order valence-electron chi connectivity index (χ2n) is 6.00. The lowest BCUT2D eigenvalue weighted by molar-refractivity contribution is -0.124. The summed E-state index contributed by atoms with van der Waals surface area (Å²) in [6, 6.07) is 6.10. The van der Waals surface area contributed by atoms with E-state index in [1.165, 1.54) is 12.1 Å². The molecule has 2 fully saturated rings. The standard InChI is InChI=1S/C16H22N2O5S/c19-16(15-4-2-10-23-15)18-12-5-7-14(8-6-12)24(20,21)17-11-13-3-1-9-22-13/h5-8,13,15,17H,1-4,9-11H2,(H,18,19). The lowest BCUT2D eigenvalue weighted by Gasteiger charge is -2.13. The molecule has 0 bridgehead atoms. The maximum atomic E-state index is 12.3. The van der Waals surface area contributed by atoms with E-state index in [9.17, 15) is 13.2 Å². The van der Waals surface area contributed by atoms with Crippen LogP contribution in [-0.4, -0.2) is 46.3 Å². The highest BCUT2D eigenvalue weighted by atomic mass is 32.2. The van der Waals surface area contributed by atoms with Gasteiger partial charge in [-0.1, -0.05) is 0 Å². The normalized spacial score (nSPS) is 24.2. The van der Waals surface area contributed by atoms with Gasteiger partial charge in [-0.15, -0.1) is 0 Å². The van der Waals surface area contributed by atoms with E-state index in [1.54, 1.807) is 12.1 Å². The Labute approximate surface area is 141 Å². The summed E-state index contributed by atoms with van der Waals surface area (Å²) < 4.78 is 37.8. The number of nitrogens with one attached hydrogen (secondary N) is 2. The molecule has 2 atom stereocenters. The fourth-order valence-corrected chi connectivity index (χ4v) is 3.88. The van der Waals surface area contributed by atoms with Gasteiger partial charge in [0.15, 0.2) is 0 Å². The number of carbonyl (C=O) groups excluding carboxylic acids is 1. The summed E-state index contributed by atoms with van der Waals surface area (Å²) >= 11 is 0. The predicted octanol–water partition coefficient (Wildman–Crippen LogP) is 1.26. The van der Waals surface area contributed by atoms with Crippen molar-refractivity contribution in [3.8, 4) is 0 Å². The first kappa shape index (κ1) is 17.3. The first-order valence-corrected chi connectivity index (χ1v) is 9.67. The van der Waals surface area contributed by atoms with Gasteiger partial charge in [-0.3, -0.25) is 4.79 Å². The number of hydrogen-bond donors (Lipinski definition) is 2. The smallest absolute Gasteiger partial charge is 0.253 e. The third kappa shape index (κ3) is 4.32. The molecule has 2 aliphatic heterocycles. The second-order valence-corrected chi connectivity index (χ2v) is 7.77. The maximum Gasteiger partial charge on any atom is 0.253 e. The van der Waals surface area contributed by atoms with Crippen molar-refractivity contribution in [2.75, 3.05) is 25.1 Å². The van der Waals surface area contributed by atoms with Crippen molar-refractivity contribution in [2.24, 2.45) is 0 Å². The lowest BCUT2D eigenvalue weighted by atomic mass is 10.2.